The van der Waals surface area contributed by atoms with Gasteiger partial charge in [0.1, 0.15) is 22.9 Å². The molecule has 0 spiro atoms. The first-order chi connectivity index (χ1) is 10.1. The highest BCUT2D eigenvalue weighted by molar-refractivity contribution is 5.82. The molecule has 3 rings (SSSR count). The van der Waals surface area contributed by atoms with Crippen molar-refractivity contribution in [1.82, 2.24) is 5.32 Å². The molecule has 3 nitrogen and oxygen atoms in total. The molecule has 2 atom stereocenters. The standard InChI is InChI=1S/C18H21NO2/c1-11-9-10-16(20-11)13(3)19-14(4)18-12(2)15-7-5-6-8-17(15)21-18/h5-10,13-14,19H,1-4H3. The lowest BCUT2D eigenvalue weighted by molar-refractivity contribution is 0.366. The van der Waals surface area contributed by atoms with Gasteiger partial charge < -0.3 is 8.83 Å². The Morgan fingerprint density at radius 1 is 0.905 bits per heavy atom. The molecule has 0 fully saturated rings. The fourth-order valence-electron chi connectivity index (χ4n) is 2.83. The molecule has 1 aromatic carbocycles. The van der Waals surface area contributed by atoms with Crippen LogP contribution in [0.5, 0.6) is 0 Å². The minimum atomic E-state index is 0.123. The number of hydrogen-bond donors (Lipinski definition) is 1. The Labute approximate surface area is 124 Å². The lowest BCUT2D eigenvalue weighted by Gasteiger charge is -2.17. The third kappa shape index (κ3) is 2.61. The fourth-order valence-corrected chi connectivity index (χ4v) is 2.83. The third-order valence-electron chi connectivity index (χ3n) is 3.96. The molecule has 0 aliphatic rings. The van der Waals surface area contributed by atoms with Gasteiger partial charge in [-0.25, -0.2) is 0 Å². The van der Waals surface area contributed by atoms with Crippen LogP contribution >= 0.6 is 0 Å². The van der Waals surface area contributed by atoms with Crippen LogP contribution in [0.25, 0.3) is 11.0 Å². The first kappa shape index (κ1) is 14.0. The van der Waals surface area contributed by atoms with Crippen LogP contribution in [0.2, 0.25) is 0 Å². The van der Waals surface area contributed by atoms with Crippen molar-refractivity contribution in [3.05, 3.63) is 59.2 Å². The summed E-state index contributed by atoms with van der Waals surface area (Å²) in [6.07, 6.45) is 0. The lowest BCUT2D eigenvalue weighted by Crippen LogP contribution is -2.22. The number of benzene rings is 1. The molecule has 0 saturated carbocycles. The number of aryl methyl sites for hydroxylation is 2. The van der Waals surface area contributed by atoms with E-state index in [1.54, 1.807) is 0 Å². The summed E-state index contributed by atoms with van der Waals surface area (Å²) in [5.41, 5.74) is 2.15. The Balaban J connectivity index is 1.83. The van der Waals surface area contributed by atoms with Crippen molar-refractivity contribution in [2.45, 2.75) is 39.8 Å². The molecule has 2 heterocycles. The first-order valence-corrected chi connectivity index (χ1v) is 7.36. The van der Waals surface area contributed by atoms with E-state index in [0.29, 0.717) is 0 Å². The van der Waals surface area contributed by atoms with E-state index in [1.807, 2.05) is 37.3 Å². The van der Waals surface area contributed by atoms with Crippen molar-refractivity contribution in [2.75, 3.05) is 0 Å². The van der Waals surface area contributed by atoms with Crippen molar-refractivity contribution >= 4 is 11.0 Å². The predicted molar refractivity (Wildman–Crippen MR) is 84.4 cm³/mol. The molecular weight excluding hydrogens is 262 g/mol. The van der Waals surface area contributed by atoms with E-state index in [0.717, 1.165) is 22.9 Å². The predicted octanol–water partition coefficient (Wildman–Crippen LogP) is 5.05. The van der Waals surface area contributed by atoms with Gasteiger partial charge in [0, 0.05) is 5.39 Å². The number of fused-ring (bicyclic) bond motifs is 1. The van der Waals surface area contributed by atoms with Gasteiger partial charge in [0.25, 0.3) is 0 Å². The van der Waals surface area contributed by atoms with Gasteiger partial charge in [-0.05, 0) is 51.5 Å². The molecule has 0 aliphatic carbocycles. The van der Waals surface area contributed by atoms with E-state index >= 15 is 0 Å². The Kier molecular flexibility index (Phi) is 3.60. The molecule has 0 bridgehead atoms. The summed E-state index contributed by atoms with van der Waals surface area (Å²) in [5, 5.41) is 4.72. The molecule has 0 saturated heterocycles. The van der Waals surface area contributed by atoms with Gasteiger partial charge in [-0.15, -0.1) is 0 Å². The monoisotopic (exact) mass is 283 g/mol. The number of hydrogen-bond acceptors (Lipinski definition) is 3. The van der Waals surface area contributed by atoms with Crippen molar-refractivity contribution in [3.63, 3.8) is 0 Å². The summed E-state index contributed by atoms with van der Waals surface area (Å²) >= 11 is 0. The zero-order chi connectivity index (χ0) is 15.0. The van der Waals surface area contributed by atoms with Gasteiger partial charge in [-0.2, -0.15) is 0 Å². The molecule has 0 aliphatic heterocycles. The second-order valence-electron chi connectivity index (χ2n) is 5.65. The molecule has 21 heavy (non-hydrogen) atoms. The van der Waals surface area contributed by atoms with Crippen molar-refractivity contribution in [2.24, 2.45) is 0 Å². The topological polar surface area (TPSA) is 38.3 Å². The highest BCUT2D eigenvalue weighted by atomic mass is 16.3. The van der Waals surface area contributed by atoms with Gasteiger partial charge in [-0.3, -0.25) is 5.32 Å². The first-order valence-electron chi connectivity index (χ1n) is 7.36. The van der Waals surface area contributed by atoms with E-state index in [-0.39, 0.29) is 12.1 Å². The Morgan fingerprint density at radius 2 is 1.67 bits per heavy atom. The highest BCUT2D eigenvalue weighted by Crippen LogP contribution is 2.30. The summed E-state index contributed by atoms with van der Waals surface area (Å²) in [7, 11) is 0. The number of rotatable bonds is 4. The van der Waals surface area contributed by atoms with E-state index in [9.17, 15) is 0 Å². The maximum absolute atomic E-state index is 6.01. The average Bonchev–Trinajstić information content (AvgIpc) is 3.04. The molecule has 1 N–H and O–H groups in total. The van der Waals surface area contributed by atoms with Crippen LogP contribution in [-0.2, 0) is 0 Å². The number of para-hydroxylation sites is 1. The smallest absolute Gasteiger partial charge is 0.134 e. The fraction of sp³-hybridized carbons (Fsp3) is 0.333. The van der Waals surface area contributed by atoms with Gasteiger partial charge in [0.2, 0.25) is 0 Å². The van der Waals surface area contributed by atoms with E-state index in [2.05, 4.69) is 32.2 Å². The maximum Gasteiger partial charge on any atom is 0.134 e. The van der Waals surface area contributed by atoms with E-state index < -0.39 is 0 Å². The van der Waals surface area contributed by atoms with Crippen LogP contribution < -0.4 is 5.32 Å². The minimum absolute atomic E-state index is 0.123. The summed E-state index contributed by atoms with van der Waals surface area (Å²) < 4.78 is 11.7. The van der Waals surface area contributed by atoms with Crippen molar-refractivity contribution < 1.29 is 8.83 Å². The molecule has 0 radical (unpaired) electrons. The third-order valence-corrected chi connectivity index (χ3v) is 3.96. The minimum Gasteiger partial charge on any atom is -0.465 e. The zero-order valence-corrected chi connectivity index (χ0v) is 12.9. The van der Waals surface area contributed by atoms with Crippen molar-refractivity contribution in [3.8, 4) is 0 Å². The van der Waals surface area contributed by atoms with Crippen LogP contribution in [-0.4, -0.2) is 0 Å². The van der Waals surface area contributed by atoms with Gasteiger partial charge in [0.05, 0.1) is 12.1 Å². The summed E-state index contributed by atoms with van der Waals surface area (Å²) in [4.78, 5) is 0. The average molecular weight is 283 g/mol. The molecule has 3 aromatic rings. The molecule has 110 valence electrons. The molecule has 2 aromatic heterocycles. The van der Waals surface area contributed by atoms with E-state index in [1.165, 1.54) is 10.9 Å². The van der Waals surface area contributed by atoms with Gasteiger partial charge >= 0.3 is 0 Å². The molecular formula is C18H21NO2. The van der Waals surface area contributed by atoms with Crippen LogP contribution in [0.3, 0.4) is 0 Å². The maximum atomic E-state index is 6.01. The Morgan fingerprint density at radius 3 is 2.33 bits per heavy atom. The quantitative estimate of drug-likeness (QED) is 0.727. The number of furan rings is 2. The SMILES string of the molecule is Cc1ccc(C(C)NC(C)c2oc3ccccc3c2C)o1. The molecule has 2 unspecified atom stereocenters. The lowest BCUT2D eigenvalue weighted by atomic mass is 10.1. The molecule has 0 amide bonds. The van der Waals surface area contributed by atoms with Gasteiger partial charge in [0.15, 0.2) is 0 Å². The van der Waals surface area contributed by atoms with Crippen LogP contribution in [0.1, 0.15) is 48.8 Å². The van der Waals surface area contributed by atoms with Crippen LogP contribution in [0.4, 0.5) is 0 Å². The van der Waals surface area contributed by atoms with E-state index in [4.69, 9.17) is 8.83 Å². The summed E-state index contributed by atoms with van der Waals surface area (Å²) in [6.45, 7) is 8.30. The van der Waals surface area contributed by atoms with Crippen LogP contribution in [0, 0.1) is 13.8 Å². The number of nitrogens with one attached hydrogen (secondary N) is 1. The second-order valence-corrected chi connectivity index (χ2v) is 5.65. The highest BCUT2D eigenvalue weighted by Gasteiger charge is 2.19. The zero-order valence-electron chi connectivity index (χ0n) is 12.9. The Hall–Kier alpha value is -2.00. The van der Waals surface area contributed by atoms with Gasteiger partial charge in [-0.1, -0.05) is 18.2 Å². The Bertz CT molecular complexity index is 754. The normalized spacial score (nSPS) is 14.5. The van der Waals surface area contributed by atoms with Crippen LogP contribution in [0.15, 0.2) is 45.2 Å². The molecule has 3 heteroatoms. The second kappa shape index (κ2) is 5.41. The van der Waals surface area contributed by atoms with Crippen molar-refractivity contribution in [1.29, 1.82) is 0 Å². The summed E-state index contributed by atoms with van der Waals surface area (Å²) in [6, 6.07) is 12.4. The summed E-state index contributed by atoms with van der Waals surface area (Å²) in [5.74, 6) is 2.88. The largest absolute Gasteiger partial charge is 0.465 e.